The topological polar surface area (TPSA) is 60.2 Å². The number of likely N-dealkylation sites (tertiary alicyclic amines) is 1. The van der Waals surface area contributed by atoms with Gasteiger partial charge in [0.25, 0.3) is 5.91 Å². The number of carbonyl (C=O) groups is 1. The third kappa shape index (κ3) is 2.72. The number of hydrogen-bond acceptors (Lipinski definition) is 4. The first-order valence-corrected chi connectivity index (χ1v) is 9.44. The van der Waals surface area contributed by atoms with Gasteiger partial charge in [-0.3, -0.25) is 4.79 Å². The van der Waals surface area contributed by atoms with Crippen LogP contribution in [0.2, 0.25) is 0 Å². The van der Waals surface area contributed by atoms with E-state index in [-0.39, 0.29) is 5.91 Å². The van der Waals surface area contributed by atoms with Gasteiger partial charge in [0.15, 0.2) is 5.65 Å². The lowest BCUT2D eigenvalue weighted by molar-refractivity contribution is -0.0175. The number of imidazole rings is 1. The van der Waals surface area contributed by atoms with Gasteiger partial charge in [0.2, 0.25) is 0 Å². The lowest BCUT2D eigenvalue weighted by Gasteiger charge is -2.44. The Labute approximate surface area is 147 Å². The zero-order valence-corrected chi connectivity index (χ0v) is 14.5. The summed E-state index contributed by atoms with van der Waals surface area (Å²) < 4.78 is 7.65. The van der Waals surface area contributed by atoms with Crippen LogP contribution in [0.4, 0.5) is 0 Å². The zero-order chi connectivity index (χ0) is 16.9. The Balaban J connectivity index is 1.31. The summed E-state index contributed by atoms with van der Waals surface area (Å²) in [6.45, 7) is 3.43. The van der Waals surface area contributed by atoms with Crippen molar-refractivity contribution in [3.8, 4) is 0 Å². The number of amides is 1. The summed E-state index contributed by atoms with van der Waals surface area (Å²) in [4.78, 5) is 23.9. The van der Waals surface area contributed by atoms with Crippen molar-refractivity contribution >= 4 is 17.1 Å². The summed E-state index contributed by atoms with van der Waals surface area (Å²) in [6, 6.07) is 2.46. The molecule has 0 atom stereocenters. The van der Waals surface area contributed by atoms with Crippen molar-refractivity contribution < 1.29 is 9.53 Å². The van der Waals surface area contributed by atoms with Crippen molar-refractivity contribution in [2.24, 2.45) is 5.41 Å². The van der Waals surface area contributed by atoms with Gasteiger partial charge < -0.3 is 14.2 Å². The molecule has 132 valence electrons. The van der Waals surface area contributed by atoms with E-state index in [1.54, 1.807) is 6.20 Å². The Kier molecular flexibility index (Phi) is 3.55. The van der Waals surface area contributed by atoms with E-state index in [2.05, 4.69) is 14.5 Å². The number of rotatable bonds is 2. The maximum Gasteiger partial charge on any atom is 0.255 e. The van der Waals surface area contributed by atoms with Crippen LogP contribution in [0, 0.1) is 5.41 Å². The fourth-order valence-corrected chi connectivity index (χ4v) is 4.33. The molecule has 2 saturated heterocycles. The summed E-state index contributed by atoms with van der Waals surface area (Å²) in [5.74, 6) is 0.0947. The van der Waals surface area contributed by atoms with Crippen LogP contribution in [0.5, 0.6) is 0 Å². The van der Waals surface area contributed by atoms with Gasteiger partial charge in [-0.2, -0.15) is 0 Å². The monoisotopic (exact) mass is 340 g/mol. The van der Waals surface area contributed by atoms with Gasteiger partial charge in [-0.05, 0) is 50.0 Å². The molecule has 6 heteroatoms. The van der Waals surface area contributed by atoms with Gasteiger partial charge in [0.1, 0.15) is 5.52 Å². The number of piperidine rings is 1. The van der Waals surface area contributed by atoms with Crippen molar-refractivity contribution in [2.45, 2.75) is 44.6 Å². The fourth-order valence-electron chi connectivity index (χ4n) is 4.33. The number of pyridine rings is 1. The van der Waals surface area contributed by atoms with Crippen LogP contribution in [0.3, 0.4) is 0 Å². The predicted octanol–water partition coefficient (Wildman–Crippen LogP) is 2.80. The lowest BCUT2D eigenvalue weighted by atomic mass is 9.72. The van der Waals surface area contributed by atoms with Crippen LogP contribution >= 0.6 is 0 Å². The Bertz CT molecular complexity index is 795. The number of carbonyl (C=O) groups excluding carboxylic acids is 1. The number of ether oxygens (including phenoxy) is 1. The van der Waals surface area contributed by atoms with Gasteiger partial charge in [-0.25, -0.2) is 9.97 Å². The van der Waals surface area contributed by atoms with E-state index in [4.69, 9.17) is 4.74 Å². The molecule has 0 aromatic carbocycles. The van der Waals surface area contributed by atoms with Crippen LogP contribution in [0.15, 0.2) is 18.6 Å². The summed E-state index contributed by atoms with van der Waals surface area (Å²) in [7, 11) is 0. The molecule has 1 spiro atoms. The van der Waals surface area contributed by atoms with Gasteiger partial charge in [-0.1, -0.05) is 0 Å². The third-order valence-electron chi connectivity index (χ3n) is 6.27. The van der Waals surface area contributed by atoms with Crippen LogP contribution in [0.25, 0.3) is 11.2 Å². The smallest absolute Gasteiger partial charge is 0.255 e. The summed E-state index contributed by atoms with van der Waals surface area (Å²) >= 11 is 0. The quantitative estimate of drug-likeness (QED) is 0.843. The molecule has 5 rings (SSSR count). The molecule has 4 heterocycles. The second-order valence-electron chi connectivity index (χ2n) is 7.85. The van der Waals surface area contributed by atoms with E-state index in [0.29, 0.717) is 17.0 Å². The molecule has 0 bridgehead atoms. The van der Waals surface area contributed by atoms with Crippen molar-refractivity contribution in [1.29, 1.82) is 0 Å². The van der Waals surface area contributed by atoms with Crippen molar-refractivity contribution in [2.75, 3.05) is 26.3 Å². The molecule has 2 aromatic rings. The minimum absolute atomic E-state index is 0.0947. The minimum Gasteiger partial charge on any atom is -0.381 e. The van der Waals surface area contributed by atoms with E-state index < -0.39 is 0 Å². The van der Waals surface area contributed by atoms with Crippen molar-refractivity contribution in [3.05, 3.63) is 24.2 Å². The highest BCUT2D eigenvalue weighted by molar-refractivity contribution is 5.96. The fraction of sp³-hybridized carbons (Fsp3) is 0.632. The number of fused-ring (bicyclic) bond motifs is 1. The molecule has 2 aromatic heterocycles. The Morgan fingerprint density at radius 2 is 1.88 bits per heavy atom. The molecule has 1 amide bonds. The molecule has 25 heavy (non-hydrogen) atoms. The predicted molar refractivity (Wildman–Crippen MR) is 93.4 cm³/mol. The average molecular weight is 340 g/mol. The average Bonchev–Trinajstić information content (AvgIpc) is 3.41. The van der Waals surface area contributed by atoms with E-state index in [1.807, 2.05) is 17.3 Å². The van der Waals surface area contributed by atoms with Crippen LogP contribution in [-0.2, 0) is 4.74 Å². The van der Waals surface area contributed by atoms with Crippen LogP contribution < -0.4 is 0 Å². The second-order valence-corrected chi connectivity index (χ2v) is 7.85. The molecule has 2 aliphatic heterocycles. The van der Waals surface area contributed by atoms with Gasteiger partial charge in [-0.15, -0.1) is 0 Å². The SMILES string of the molecule is O=C(c1cnc2c(c1)ncn2C1CC1)N1CCC2(CCOCC2)CC1. The van der Waals surface area contributed by atoms with Gasteiger partial charge >= 0.3 is 0 Å². The highest BCUT2D eigenvalue weighted by Crippen LogP contribution is 2.41. The van der Waals surface area contributed by atoms with Crippen molar-refractivity contribution in [3.63, 3.8) is 0 Å². The minimum atomic E-state index is 0.0947. The largest absolute Gasteiger partial charge is 0.381 e. The van der Waals surface area contributed by atoms with E-state index >= 15 is 0 Å². The maximum absolute atomic E-state index is 12.9. The van der Waals surface area contributed by atoms with Crippen LogP contribution in [0.1, 0.15) is 54.9 Å². The summed E-state index contributed by atoms with van der Waals surface area (Å²) in [5, 5.41) is 0. The number of aromatic nitrogens is 3. The lowest BCUT2D eigenvalue weighted by Crippen LogP contribution is -2.45. The molecule has 1 aliphatic carbocycles. The molecular formula is C19H24N4O2. The molecule has 6 nitrogen and oxygen atoms in total. The first-order chi connectivity index (χ1) is 12.2. The molecule has 3 fully saturated rings. The molecule has 0 unspecified atom stereocenters. The highest BCUT2D eigenvalue weighted by Gasteiger charge is 2.37. The highest BCUT2D eigenvalue weighted by atomic mass is 16.5. The van der Waals surface area contributed by atoms with E-state index in [9.17, 15) is 4.79 Å². The third-order valence-corrected chi connectivity index (χ3v) is 6.27. The van der Waals surface area contributed by atoms with Gasteiger partial charge in [0, 0.05) is 38.5 Å². The molecule has 3 aliphatic rings. The first-order valence-electron chi connectivity index (χ1n) is 9.44. The molecular weight excluding hydrogens is 316 g/mol. The zero-order valence-electron chi connectivity index (χ0n) is 14.5. The normalized spacial score (nSPS) is 23.3. The summed E-state index contributed by atoms with van der Waals surface area (Å²) in [6.07, 6.45) is 10.5. The molecule has 1 saturated carbocycles. The van der Waals surface area contributed by atoms with E-state index in [0.717, 1.165) is 63.2 Å². The summed E-state index contributed by atoms with van der Waals surface area (Å²) in [5.41, 5.74) is 2.80. The molecule has 0 N–H and O–H groups in total. The Morgan fingerprint density at radius 1 is 1.12 bits per heavy atom. The number of nitrogens with zero attached hydrogens (tertiary/aromatic N) is 4. The standard InChI is InChI=1S/C19H24N4O2/c24-18(22-7-3-19(4-8-22)5-9-25-10-6-19)14-11-16-17(20-12-14)23(13-21-16)15-1-2-15/h11-13,15H,1-10H2. The first kappa shape index (κ1) is 15.3. The van der Waals surface area contributed by atoms with E-state index in [1.165, 1.54) is 12.8 Å². The second kappa shape index (κ2) is 5.80. The Hall–Kier alpha value is -1.95. The number of hydrogen-bond donors (Lipinski definition) is 0. The van der Waals surface area contributed by atoms with Crippen molar-refractivity contribution in [1.82, 2.24) is 19.4 Å². The maximum atomic E-state index is 12.9. The molecule has 0 radical (unpaired) electrons. The van der Waals surface area contributed by atoms with Gasteiger partial charge in [0.05, 0.1) is 11.9 Å². The van der Waals surface area contributed by atoms with Crippen LogP contribution in [-0.4, -0.2) is 51.6 Å². The Morgan fingerprint density at radius 3 is 2.60 bits per heavy atom.